The molecule has 1 saturated carbocycles. The molecule has 0 saturated heterocycles. The van der Waals surface area contributed by atoms with Crippen molar-refractivity contribution in [2.24, 2.45) is 4.99 Å². The summed E-state index contributed by atoms with van der Waals surface area (Å²) in [5.74, 6) is 1.71. The van der Waals surface area contributed by atoms with Gasteiger partial charge in [-0.05, 0) is 90.7 Å². The van der Waals surface area contributed by atoms with Crippen LogP contribution in [0.15, 0.2) is 39.8 Å². The van der Waals surface area contributed by atoms with Crippen LogP contribution in [-0.2, 0) is 0 Å². The first-order chi connectivity index (χ1) is 11.4. The second-order valence-corrected chi connectivity index (χ2v) is 8.41. The van der Waals surface area contributed by atoms with Gasteiger partial charge in [-0.15, -0.1) is 0 Å². The lowest BCUT2D eigenvalue weighted by Crippen LogP contribution is -2.17. The lowest BCUT2D eigenvalue weighted by atomic mass is 10.1. The molecule has 0 aromatic heterocycles. The van der Waals surface area contributed by atoms with Crippen LogP contribution in [0.5, 0.6) is 11.5 Å². The largest absolute Gasteiger partial charge is 0.457 e. The predicted molar refractivity (Wildman–Crippen MR) is 112 cm³/mol. The highest BCUT2D eigenvalue weighted by atomic mass is 127. The molecule has 0 heterocycles. The zero-order valence-electron chi connectivity index (χ0n) is 14.0. The monoisotopic (exact) mass is 498 g/mol. The van der Waals surface area contributed by atoms with Crippen LogP contribution in [0.3, 0.4) is 0 Å². The maximum Gasteiger partial charge on any atom is 0.130 e. The molecular formula is C19H20BrIN2O. The van der Waals surface area contributed by atoms with Crippen molar-refractivity contribution < 1.29 is 4.74 Å². The molecule has 0 amide bonds. The van der Waals surface area contributed by atoms with E-state index in [2.05, 4.69) is 87.5 Å². The van der Waals surface area contributed by atoms with Gasteiger partial charge in [0.15, 0.2) is 0 Å². The van der Waals surface area contributed by atoms with Crippen LogP contribution < -0.4 is 4.74 Å². The van der Waals surface area contributed by atoms with E-state index in [4.69, 9.17) is 4.74 Å². The second kappa shape index (κ2) is 7.44. The molecule has 1 fully saturated rings. The van der Waals surface area contributed by atoms with Crippen LogP contribution in [0.4, 0.5) is 5.69 Å². The Morgan fingerprint density at radius 3 is 2.58 bits per heavy atom. The van der Waals surface area contributed by atoms with Crippen molar-refractivity contribution in [1.29, 1.82) is 0 Å². The number of ether oxygens (including phenoxy) is 1. The average molecular weight is 499 g/mol. The molecule has 1 aliphatic rings. The maximum absolute atomic E-state index is 6.08. The number of nitrogens with zero attached hydrogens (tertiary/aromatic N) is 2. The lowest BCUT2D eigenvalue weighted by molar-refractivity contribution is 0.478. The molecule has 0 atom stereocenters. The Kier molecular flexibility index (Phi) is 5.49. The zero-order valence-corrected chi connectivity index (χ0v) is 17.8. The van der Waals surface area contributed by atoms with Crippen LogP contribution >= 0.6 is 38.5 Å². The van der Waals surface area contributed by atoms with Gasteiger partial charge in [0.2, 0.25) is 0 Å². The SMILES string of the molecule is Cc1cc(Oc2cc(Br)cc(I)c2)c(C)cc1N=CN(C)C1CC1. The highest BCUT2D eigenvalue weighted by Crippen LogP contribution is 2.33. The molecular weight excluding hydrogens is 479 g/mol. The van der Waals surface area contributed by atoms with Gasteiger partial charge in [0.1, 0.15) is 11.5 Å². The topological polar surface area (TPSA) is 24.8 Å². The van der Waals surface area contributed by atoms with Crippen molar-refractivity contribution in [3.8, 4) is 11.5 Å². The molecule has 5 heteroatoms. The molecule has 0 unspecified atom stereocenters. The van der Waals surface area contributed by atoms with E-state index in [1.165, 1.54) is 12.8 Å². The number of hydrogen-bond donors (Lipinski definition) is 0. The summed E-state index contributed by atoms with van der Waals surface area (Å²) in [4.78, 5) is 6.84. The van der Waals surface area contributed by atoms with Crippen LogP contribution in [-0.4, -0.2) is 24.3 Å². The van der Waals surface area contributed by atoms with Gasteiger partial charge in [-0.1, -0.05) is 15.9 Å². The van der Waals surface area contributed by atoms with Crippen LogP contribution in [0, 0.1) is 17.4 Å². The third-order valence-corrected chi connectivity index (χ3v) is 5.14. The first-order valence-corrected chi connectivity index (χ1v) is 9.81. The predicted octanol–water partition coefficient (Wildman–Crippen LogP) is 6.22. The van der Waals surface area contributed by atoms with E-state index in [0.717, 1.165) is 36.4 Å². The third kappa shape index (κ3) is 4.51. The molecule has 3 rings (SSSR count). The van der Waals surface area contributed by atoms with E-state index in [1.807, 2.05) is 18.5 Å². The minimum absolute atomic E-state index is 0.678. The van der Waals surface area contributed by atoms with E-state index < -0.39 is 0 Å². The zero-order chi connectivity index (χ0) is 17.3. The molecule has 24 heavy (non-hydrogen) atoms. The van der Waals surface area contributed by atoms with E-state index in [-0.39, 0.29) is 0 Å². The minimum atomic E-state index is 0.678. The number of rotatable bonds is 5. The molecule has 0 bridgehead atoms. The van der Waals surface area contributed by atoms with Crippen LogP contribution in [0.25, 0.3) is 0 Å². The Morgan fingerprint density at radius 1 is 1.17 bits per heavy atom. The first kappa shape index (κ1) is 17.7. The molecule has 0 spiro atoms. The van der Waals surface area contributed by atoms with E-state index in [0.29, 0.717) is 6.04 Å². The molecule has 1 aliphatic carbocycles. The van der Waals surface area contributed by atoms with Crippen molar-refractivity contribution >= 4 is 50.5 Å². The van der Waals surface area contributed by atoms with E-state index >= 15 is 0 Å². The Morgan fingerprint density at radius 2 is 1.92 bits per heavy atom. The van der Waals surface area contributed by atoms with Crippen molar-refractivity contribution in [1.82, 2.24) is 4.90 Å². The normalized spacial score (nSPS) is 14.2. The van der Waals surface area contributed by atoms with Gasteiger partial charge in [-0.25, -0.2) is 4.99 Å². The van der Waals surface area contributed by atoms with Gasteiger partial charge < -0.3 is 9.64 Å². The smallest absolute Gasteiger partial charge is 0.130 e. The van der Waals surface area contributed by atoms with Gasteiger partial charge in [-0.2, -0.15) is 0 Å². The Bertz CT molecular complexity index is 767. The van der Waals surface area contributed by atoms with Gasteiger partial charge in [0.05, 0.1) is 12.0 Å². The van der Waals surface area contributed by atoms with E-state index in [1.54, 1.807) is 0 Å². The molecule has 0 radical (unpaired) electrons. The molecule has 126 valence electrons. The average Bonchev–Trinajstić information content (AvgIpc) is 3.32. The van der Waals surface area contributed by atoms with Gasteiger partial charge in [0.25, 0.3) is 0 Å². The Labute approximate surface area is 165 Å². The highest BCUT2D eigenvalue weighted by molar-refractivity contribution is 14.1. The summed E-state index contributed by atoms with van der Waals surface area (Å²) in [5, 5.41) is 0. The van der Waals surface area contributed by atoms with Crippen LogP contribution in [0.1, 0.15) is 24.0 Å². The lowest BCUT2D eigenvalue weighted by Gasteiger charge is -2.14. The molecule has 2 aromatic rings. The van der Waals surface area contributed by atoms with Gasteiger partial charge in [-0.3, -0.25) is 0 Å². The van der Waals surface area contributed by atoms with Crippen molar-refractivity contribution in [3.63, 3.8) is 0 Å². The molecule has 3 nitrogen and oxygen atoms in total. The minimum Gasteiger partial charge on any atom is -0.457 e. The molecule has 0 N–H and O–H groups in total. The fourth-order valence-electron chi connectivity index (χ4n) is 2.47. The summed E-state index contributed by atoms with van der Waals surface area (Å²) in [6, 6.07) is 10.9. The number of hydrogen-bond acceptors (Lipinski definition) is 2. The van der Waals surface area contributed by atoms with Crippen molar-refractivity contribution in [3.05, 3.63) is 49.5 Å². The standard InChI is InChI=1S/C19H20BrIN2O/c1-12-7-19(24-17-9-14(20)8-15(21)10-17)13(2)6-18(12)22-11-23(3)16-4-5-16/h6-11,16H,4-5H2,1-3H3. The highest BCUT2D eigenvalue weighted by Gasteiger charge is 2.24. The first-order valence-electron chi connectivity index (χ1n) is 7.93. The maximum atomic E-state index is 6.08. The Hall–Kier alpha value is -1.08. The Balaban J connectivity index is 1.81. The number of benzene rings is 2. The van der Waals surface area contributed by atoms with Gasteiger partial charge >= 0.3 is 0 Å². The van der Waals surface area contributed by atoms with Crippen molar-refractivity contribution in [2.75, 3.05) is 7.05 Å². The summed E-state index contributed by atoms with van der Waals surface area (Å²) in [6.45, 7) is 4.13. The summed E-state index contributed by atoms with van der Waals surface area (Å²) in [5.41, 5.74) is 3.19. The second-order valence-electron chi connectivity index (χ2n) is 6.25. The summed E-state index contributed by atoms with van der Waals surface area (Å²) in [6.07, 6.45) is 4.49. The summed E-state index contributed by atoms with van der Waals surface area (Å²) >= 11 is 5.80. The van der Waals surface area contributed by atoms with Gasteiger partial charge in [0, 0.05) is 21.1 Å². The summed E-state index contributed by atoms with van der Waals surface area (Å²) < 4.78 is 8.24. The molecule has 2 aromatic carbocycles. The van der Waals surface area contributed by atoms with Crippen molar-refractivity contribution in [2.45, 2.75) is 32.7 Å². The summed E-state index contributed by atoms with van der Waals surface area (Å²) in [7, 11) is 2.09. The van der Waals surface area contributed by atoms with E-state index in [9.17, 15) is 0 Å². The number of halogens is 2. The third-order valence-electron chi connectivity index (χ3n) is 4.06. The molecule has 0 aliphatic heterocycles. The number of aliphatic imine (C=N–C) groups is 1. The van der Waals surface area contributed by atoms with Crippen LogP contribution in [0.2, 0.25) is 0 Å². The fraction of sp³-hybridized carbons (Fsp3) is 0.316. The fourth-order valence-corrected chi connectivity index (χ4v) is 4.01. The quantitative estimate of drug-likeness (QED) is 0.278. The number of aryl methyl sites for hydroxylation is 2.